The lowest BCUT2D eigenvalue weighted by Gasteiger charge is -2.12. The maximum Gasteiger partial charge on any atom is 0.387 e. The summed E-state index contributed by atoms with van der Waals surface area (Å²) in [6, 6.07) is 8.83. The lowest BCUT2D eigenvalue weighted by Crippen LogP contribution is -2.22. The highest BCUT2D eigenvalue weighted by atomic mass is 19.3. The van der Waals surface area contributed by atoms with Crippen LogP contribution < -0.4 is 25.3 Å². The second-order valence-electron chi connectivity index (χ2n) is 5.63. The minimum atomic E-state index is -3.06. The van der Waals surface area contributed by atoms with Gasteiger partial charge in [-0.1, -0.05) is 6.07 Å². The van der Waals surface area contributed by atoms with Crippen LogP contribution in [0.1, 0.15) is 12.0 Å². The van der Waals surface area contributed by atoms with E-state index < -0.39 is 12.4 Å². The molecule has 9 heteroatoms. The third kappa shape index (κ3) is 4.96. The third-order valence-corrected chi connectivity index (χ3v) is 3.72. The number of anilines is 1. The van der Waals surface area contributed by atoms with Gasteiger partial charge in [0.2, 0.25) is 0 Å². The van der Waals surface area contributed by atoms with Crippen LogP contribution in [0.25, 0.3) is 0 Å². The lowest BCUT2D eigenvalue weighted by atomic mass is 10.2. The van der Waals surface area contributed by atoms with Crippen LogP contribution in [0.2, 0.25) is 0 Å². The van der Waals surface area contributed by atoms with Crippen molar-refractivity contribution in [1.29, 1.82) is 0 Å². The average molecular weight is 381 g/mol. The van der Waals surface area contributed by atoms with E-state index >= 15 is 0 Å². The van der Waals surface area contributed by atoms with Gasteiger partial charge in [0.1, 0.15) is 11.6 Å². The number of aliphatic imine (C=N–C) groups is 1. The van der Waals surface area contributed by atoms with Crippen LogP contribution in [0.5, 0.6) is 17.2 Å². The van der Waals surface area contributed by atoms with Gasteiger partial charge in [-0.05, 0) is 24.3 Å². The van der Waals surface area contributed by atoms with E-state index in [4.69, 9.17) is 15.2 Å². The highest BCUT2D eigenvalue weighted by Crippen LogP contribution is 2.32. The number of benzene rings is 2. The highest BCUT2D eigenvalue weighted by Gasteiger charge is 2.14. The van der Waals surface area contributed by atoms with E-state index in [0.717, 1.165) is 12.5 Å². The zero-order valence-corrected chi connectivity index (χ0v) is 14.3. The molecule has 0 bridgehead atoms. The number of alkyl halides is 2. The Morgan fingerprint density at radius 2 is 1.96 bits per heavy atom. The Bertz CT molecular complexity index is 831. The van der Waals surface area contributed by atoms with Crippen molar-refractivity contribution in [3.8, 4) is 17.2 Å². The molecule has 2 aromatic rings. The summed E-state index contributed by atoms with van der Waals surface area (Å²) >= 11 is 0. The van der Waals surface area contributed by atoms with Gasteiger partial charge < -0.3 is 25.3 Å². The largest absolute Gasteiger partial charge is 0.490 e. The fourth-order valence-corrected chi connectivity index (χ4v) is 2.49. The second-order valence-corrected chi connectivity index (χ2v) is 5.63. The number of fused-ring (bicyclic) bond motifs is 1. The van der Waals surface area contributed by atoms with Crippen LogP contribution >= 0.6 is 0 Å². The van der Waals surface area contributed by atoms with Gasteiger partial charge in [-0.3, -0.25) is 0 Å². The molecular weight excluding hydrogens is 363 g/mol. The van der Waals surface area contributed by atoms with Crippen molar-refractivity contribution < 1.29 is 27.4 Å². The molecule has 0 saturated heterocycles. The Morgan fingerprint density at radius 3 is 2.74 bits per heavy atom. The van der Waals surface area contributed by atoms with Crippen LogP contribution in [0, 0.1) is 5.82 Å². The maximum atomic E-state index is 13.9. The van der Waals surface area contributed by atoms with Crippen LogP contribution in [-0.2, 0) is 6.54 Å². The third-order valence-electron chi connectivity index (χ3n) is 3.72. The summed E-state index contributed by atoms with van der Waals surface area (Å²) < 4.78 is 54.3. The predicted molar refractivity (Wildman–Crippen MR) is 94.0 cm³/mol. The fourth-order valence-electron chi connectivity index (χ4n) is 2.49. The topological polar surface area (TPSA) is 78.1 Å². The Morgan fingerprint density at radius 1 is 1.19 bits per heavy atom. The molecule has 0 amide bonds. The molecule has 3 N–H and O–H groups in total. The van der Waals surface area contributed by atoms with Crippen molar-refractivity contribution in [2.45, 2.75) is 19.6 Å². The first-order valence-electron chi connectivity index (χ1n) is 8.21. The molecule has 144 valence electrons. The molecule has 0 aliphatic carbocycles. The standard InChI is InChI=1S/C18H18F3N3O3/c19-13-3-1-4-14(27-17(20)21)12(13)10-23-18(22)24-11-5-6-15-16(9-11)26-8-2-7-25-15/h1,3-6,9,17H,2,7-8,10H2,(H3,22,23,24). The van der Waals surface area contributed by atoms with Crippen molar-refractivity contribution in [2.75, 3.05) is 18.5 Å². The van der Waals surface area contributed by atoms with Gasteiger partial charge in [0.15, 0.2) is 17.5 Å². The number of nitrogens with zero attached hydrogens (tertiary/aromatic N) is 1. The van der Waals surface area contributed by atoms with Gasteiger partial charge in [-0.2, -0.15) is 8.78 Å². The first-order chi connectivity index (χ1) is 13.0. The van der Waals surface area contributed by atoms with Crippen LogP contribution in [0.3, 0.4) is 0 Å². The molecule has 27 heavy (non-hydrogen) atoms. The smallest absolute Gasteiger partial charge is 0.387 e. The molecule has 1 aliphatic heterocycles. The Hall–Kier alpha value is -3.10. The Kier molecular flexibility index (Phi) is 5.90. The molecule has 0 spiro atoms. The summed E-state index contributed by atoms with van der Waals surface area (Å²) in [6.45, 7) is -2.21. The lowest BCUT2D eigenvalue weighted by molar-refractivity contribution is -0.0506. The molecule has 1 heterocycles. The molecule has 0 aromatic heterocycles. The SMILES string of the molecule is NC(=NCc1c(F)cccc1OC(F)F)Nc1ccc2c(c1)OCCCO2. The quantitative estimate of drug-likeness (QED) is 0.612. The normalized spacial score (nSPS) is 14.0. The summed E-state index contributed by atoms with van der Waals surface area (Å²) in [5, 5.41) is 2.84. The molecule has 0 unspecified atom stereocenters. The van der Waals surface area contributed by atoms with Gasteiger partial charge in [0.25, 0.3) is 0 Å². The van der Waals surface area contributed by atoms with Crippen molar-refractivity contribution in [1.82, 2.24) is 0 Å². The predicted octanol–water partition coefficient (Wildman–Crippen LogP) is 3.52. The number of guanidine groups is 1. The number of nitrogens with one attached hydrogen (secondary N) is 1. The number of hydrogen-bond acceptors (Lipinski definition) is 4. The Labute approximate surface area is 153 Å². The highest BCUT2D eigenvalue weighted by molar-refractivity contribution is 5.92. The van der Waals surface area contributed by atoms with Crippen molar-refractivity contribution in [3.05, 3.63) is 47.8 Å². The van der Waals surface area contributed by atoms with Gasteiger partial charge in [-0.15, -0.1) is 0 Å². The van der Waals surface area contributed by atoms with E-state index in [0.29, 0.717) is 30.4 Å². The van der Waals surface area contributed by atoms with Crippen LogP contribution in [-0.4, -0.2) is 25.8 Å². The summed E-state index contributed by atoms with van der Waals surface area (Å²) in [5.41, 5.74) is 6.30. The van der Waals surface area contributed by atoms with E-state index in [2.05, 4.69) is 15.0 Å². The molecule has 0 radical (unpaired) electrons. The number of nitrogens with two attached hydrogens (primary N) is 1. The zero-order valence-electron chi connectivity index (χ0n) is 14.3. The minimum absolute atomic E-state index is 0.0178. The van der Waals surface area contributed by atoms with Crippen molar-refractivity contribution in [2.24, 2.45) is 10.7 Å². The zero-order chi connectivity index (χ0) is 19.2. The van der Waals surface area contributed by atoms with E-state index in [1.54, 1.807) is 18.2 Å². The number of halogens is 3. The molecule has 0 atom stereocenters. The number of ether oxygens (including phenoxy) is 3. The molecular formula is C18H18F3N3O3. The summed E-state index contributed by atoms with van der Waals surface area (Å²) in [7, 11) is 0. The molecule has 6 nitrogen and oxygen atoms in total. The van der Waals surface area contributed by atoms with Crippen LogP contribution in [0.4, 0.5) is 18.9 Å². The van der Waals surface area contributed by atoms with E-state index in [1.165, 1.54) is 12.1 Å². The van der Waals surface area contributed by atoms with E-state index in [9.17, 15) is 13.2 Å². The van der Waals surface area contributed by atoms with E-state index in [1.807, 2.05) is 0 Å². The summed E-state index contributed by atoms with van der Waals surface area (Å²) in [5.74, 6) is 0.203. The molecule has 1 aliphatic rings. The van der Waals surface area contributed by atoms with Crippen molar-refractivity contribution in [3.63, 3.8) is 0 Å². The number of rotatable bonds is 5. The molecule has 0 fully saturated rings. The molecule has 0 saturated carbocycles. The summed E-state index contributed by atoms with van der Waals surface area (Å²) in [4.78, 5) is 4.00. The second kappa shape index (κ2) is 8.52. The maximum absolute atomic E-state index is 13.9. The first kappa shape index (κ1) is 18.7. The van der Waals surface area contributed by atoms with Crippen LogP contribution in [0.15, 0.2) is 41.4 Å². The Balaban J connectivity index is 1.71. The molecule has 3 rings (SSSR count). The monoisotopic (exact) mass is 381 g/mol. The van der Waals surface area contributed by atoms with Gasteiger partial charge >= 0.3 is 6.61 Å². The van der Waals surface area contributed by atoms with E-state index in [-0.39, 0.29) is 23.8 Å². The summed E-state index contributed by atoms with van der Waals surface area (Å²) in [6.07, 6.45) is 0.784. The van der Waals surface area contributed by atoms with Gasteiger partial charge in [0.05, 0.1) is 25.3 Å². The van der Waals surface area contributed by atoms with Gasteiger partial charge in [-0.25, -0.2) is 9.38 Å². The number of hydrogen-bond donors (Lipinski definition) is 2. The average Bonchev–Trinajstić information content (AvgIpc) is 2.85. The fraction of sp³-hybridized carbons (Fsp3) is 0.278. The van der Waals surface area contributed by atoms with Crippen molar-refractivity contribution >= 4 is 11.6 Å². The first-order valence-corrected chi connectivity index (χ1v) is 8.21. The minimum Gasteiger partial charge on any atom is -0.490 e. The van der Waals surface area contributed by atoms with Gasteiger partial charge in [0, 0.05) is 18.2 Å². The molecule has 2 aromatic carbocycles.